The van der Waals surface area contributed by atoms with E-state index in [-0.39, 0.29) is 11.3 Å². The molecule has 25 heavy (non-hydrogen) atoms. The van der Waals surface area contributed by atoms with E-state index < -0.39 is 23.6 Å². The Kier molecular flexibility index (Phi) is 6.41. The Morgan fingerprint density at radius 3 is 2.64 bits per heavy atom. The molecule has 0 radical (unpaired) electrons. The predicted molar refractivity (Wildman–Crippen MR) is 88.3 cm³/mol. The van der Waals surface area contributed by atoms with Crippen molar-refractivity contribution in [3.63, 3.8) is 0 Å². The third-order valence-corrected chi connectivity index (χ3v) is 4.08. The van der Waals surface area contributed by atoms with E-state index in [9.17, 15) is 22.8 Å². The lowest BCUT2D eigenvalue weighted by Gasteiger charge is -2.22. The van der Waals surface area contributed by atoms with Crippen LogP contribution in [-0.4, -0.2) is 31.4 Å². The van der Waals surface area contributed by atoms with Gasteiger partial charge in [0.05, 0.1) is 5.56 Å². The maximum Gasteiger partial charge on any atom is 0.416 e. The minimum atomic E-state index is -4.60. The molecule has 3 N–H and O–H groups in total. The summed E-state index contributed by atoms with van der Waals surface area (Å²) in [7, 11) is 0. The molecule has 8 heteroatoms. The number of carbonyl (C=O) groups is 2. The first-order chi connectivity index (χ1) is 11.8. The van der Waals surface area contributed by atoms with Gasteiger partial charge in [-0.15, -0.1) is 0 Å². The molecule has 1 heterocycles. The Morgan fingerprint density at radius 2 is 2.04 bits per heavy atom. The molecule has 2 amide bonds. The number of hydrogen-bond acceptors (Lipinski definition) is 3. The number of carbonyl (C=O) groups excluding carboxylic acids is 2. The number of alkyl halides is 3. The first-order valence-corrected chi connectivity index (χ1v) is 8.24. The van der Waals surface area contributed by atoms with Gasteiger partial charge < -0.3 is 16.0 Å². The third kappa shape index (κ3) is 6.04. The summed E-state index contributed by atoms with van der Waals surface area (Å²) < 4.78 is 39.0. The Bertz CT molecular complexity index is 626. The van der Waals surface area contributed by atoms with Crippen molar-refractivity contribution in [3.05, 3.63) is 29.3 Å². The monoisotopic (exact) mass is 357 g/mol. The van der Waals surface area contributed by atoms with Crippen molar-refractivity contribution in [1.29, 1.82) is 0 Å². The van der Waals surface area contributed by atoms with E-state index in [4.69, 9.17) is 0 Å². The molecule has 0 aromatic heterocycles. The highest BCUT2D eigenvalue weighted by Crippen LogP contribution is 2.32. The van der Waals surface area contributed by atoms with Gasteiger partial charge in [0.15, 0.2) is 0 Å². The van der Waals surface area contributed by atoms with Crippen LogP contribution < -0.4 is 16.0 Å². The molecule has 1 aliphatic heterocycles. The van der Waals surface area contributed by atoms with Crippen LogP contribution in [0, 0.1) is 5.92 Å². The first kappa shape index (κ1) is 19.2. The Balaban J connectivity index is 2.04. The lowest BCUT2D eigenvalue weighted by molar-refractivity contribution is -0.137. The largest absolute Gasteiger partial charge is 0.416 e. The standard InChI is InChI=1S/C17H22F3N3O2/c1-11(24)23-15-8-13(7-14(9-15)17(18,19)20)16(25)22-6-4-12-3-2-5-21-10-12/h7-9,12,21H,2-6,10H2,1H3,(H,22,25)(H,23,24). The summed E-state index contributed by atoms with van der Waals surface area (Å²) in [5.41, 5.74) is -1.15. The average molecular weight is 357 g/mol. The minimum absolute atomic E-state index is 0.0519. The molecule has 0 bridgehead atoms. The van der Waals surface area contributed by atoms with Gasteiger partial charge in [0.25, 0.3) is 5.91 Å². The number of amides is 2. The number of rotatable bonds is 5. The maximum atomic E-state index is 13.0. The number of nitrogens with one attached hydrogen (secondary N) is 3. The summed E-state index contributed by atoms with van der Waals surface area (Å²) >= 11 is 0. The second-order valence-corrected chi connectivity index (χ2v) is 6.23. The van der Waals surface area contributed by atoms with Gasteiger partial charge in [0.1, 0.15) is 0 Å². The second-order valence-electron chi connectivity index (χ2n) is 6.23. The van der Waals surface area contributed by atoms with Crippen molar-refractivity contribution in [2.75, 3.05) is 25.0 Å². The average Bonchev–Trinajstić information content (AvgIpc) is 2.54. The molecule has 0 spiro atoms. The fourth-order valence-corrected chi connectivity index (χ4v) is 2.86. The number of benzene rings is 1. The quantitative estimate of drug-likeness (QED) is 0.759. The van der Waals surface area contributed by atoms with E-state index in [0.29, 0.717) is 12.5 Å². The molecule has 0 aliphatic carbocycles. The smallest absolute Gasteiger partial charge is 0.352 e. The van der Waals surface area contributed by atoms with Gasteiger partial charge in [-0.3, -0.25) is 9.59 Å². The summed E-state index contributed by atoms with van der Waals surface area (Å²) in [5.74, 6) is -0.623. The molecular weight excluding hydrogens is 335 g/mol. The molecule has 138 valence electrons. The van der Waals surface area contributed by atoms with Crippen LogP contribution >= 0.6 is 0 Å². The van der Waals surface area contributed by atoms with Crippen LogP contribution in [0.25, 0.3) is 0 Å². The predicted octanol–water partition coefficient (Wildman–Crippen LogP) is 2.78. The van der Waals surface area contributed by atoms with E-state index in [1.54, 1.807) is 0 Å². The van der Waals surface area contributed by atoms with Crippen molar-refractivity contribution in [2.45, 2.75) is 32.4 Å². The molecule has 1 aromatic rings. The van der Waals surface area contributed by atoms with Crippen LogP contribution in [0.4, 0.5) is 18.9 Å². The van der Waals surface area contributed by atoms with E-state index in [1.807, 2.05) is 0 Å². The number of halogens is 3. The van der Waals surface area contributed by atoms with E-state index in [1.165, 1.54) is 13.0 Å². The van der Waals surface area contributed by atoms with Gasteiger partial charge in [-0.1, -0.05) is 0 Å². The first-order valence-electron chi connectivity index (χ1n) is 8.24. The van der Waals surface area contributed by atoms with E-state index in [0.717, 1.165) is 44.5 Å². The number of anilines is 1. The van der Waals surface area contributed by atoms with Crippen molar-refractivity contribution >= 4 is 17.5 Å². The highest BCUT2D eigenvalue weighted by Gasteiger charge is 2.32. The fourth-order valence-electron chi connectivity index (χ4n) is 2.86. The summed E-state index contributed by atoms with van der Waals surface area (Å²) in [6.07, 6.45) is -1.65. The molecule has 1 saturated heterocycles. The highest BCUT2D eigenvalue weighted by molar-refractivity contribution is 5.97. The van der Waals surface area contributed by atoms with Crippen LogP contribution in [0.5, 0.6) is 0 Å². The van der Waals surface area contributed by atoms with Crippen molar-refractivity contribution in [3.8, 4) is 0 Å². The maximum absolute atomic E-state index is 13.0. The molecule has 1 unspecified atom stereocenters. The number of piperidine rings is 1. The van der Waals surface area contributed by atoms with Crippen LogP contribution in [0.15, 0.2) is 18.2 Å². The highest BCUT2D eigenvalue weighted by atomic mass is 19.4. The minimum Gasteiger partial charge on any atom is -0.352 e. The van der Waals surface area contributed by atoms with Crippen LogP contribution in [0.3, 0.4) is 0 Å². The normalized spacial score (nSPS) is 17.8. The van der Waals surface area contributed by atoms with Crippen LogP contribution in [-0.2, 0) is 11.0 Å². The molecule has 0 saturated carbocycles. The molecule has 1 fully saturated rings. The molecular formula is C17H22F3N3O2. The van der Waals surface area contributed by atoms with Crippen LogP contribution in [0.1, 0.15) is 42.1 Å². The summed E-state index contributed by atoms with van der Waals surface area (Å²) in [5, 5.41) is 8.23. The van der Waals surface area contributed by atoms with Crippen molar-refractivity contribution in [1.82, 2.24) is 10.6 Å². The second kappa shape index (κ2) is 8.33. The molecule has 2 rings (SSSR count). The zero-order chi connectivity index (χ0) is 18.4. The summed E-state index contributed by atoms with van der Waals surface area (Å²) in [6.45, 7) is 3.49. The Morgan fingerprint density at radius 1 is 1.28 bits per heavy atom. The molecule has 1 aliphatic rings. The molecule has 1 atom stereocenters. The molecule has 5 nitrogen and oxygen atoms in total. The van der Waals surface area contributed by atoms with Crippen molar-refractivity contribution < 1.29 is 22.8 Å². The van der Waals surface area contributed by atoms with Gasteiger partial charge >= 0.3 is 6.18 Å². The zero-order valence-corrected chi connectivity index (χ0v) is 14.0. The zero-order valence-electron chi connectivity index (χ0n) is 14.0. The lowest BCUT2D eigenvalue weighted by Crippen LogP contribution is -2.33. The number of hydrogen-bond donors (Lipinski definition) is 3. The SMILES string of the molecule is CC(=O)Nc1cc(C(=O)NCCC2CCCNC2)cc(C(F)(F)F)c1. The Labute approximate surface area is 144 Å². The Hall–Kier alpha value is -2.09. The summed E-state index contributed by atoms with van der Waals surface area (Å²) in [4.78, 5) is 23.3. The van der Waals surface area contributed by atoms with E-state index >= 15 is 0 Å². The van der Waals surface area contributed by atoms with Gasteiger partial charge in [-0.25, -0.2) is 0 Å². The van der Waals surface area contributed by atoms with Gasteiger partial charge in [0, 0.05) is 24.7 Å². The lowest BCUT2D eigenvalue weighted by atomic mass is 9.96. The van der Waals surface area contributed by atoms with Gasteiger partial charge in [-0.05, 0) is 56.5 Å². The van der Waals surface area contributed by atoms with Crippen molar-refractivity contribution in [2.24, 2.45) is 5.92 Å². The van der Waals surface area contributed by atoms with Gasteiger partial charge in [-0.2, -0.15) is 13.2 Å². The fraction of sp³-hybridized carbons (Fsp3) is 0.529. The van der Waals surface area contributed by atoms with Gasteiger partial charge in [0.2, 0.25) is 5.91 Å². The van der Waals surface area contributed by atoms with E-state index in [2.05, 4.69) is 16.0 Å². The molecule has 1 aromatic carbocycles. The third-order valence-electron chi connectivity index (χ3n) is 4.08. The van der Waals surface area contributed by atoms with Crippen LogP contribution in [0.2, 0.25) is 0 Å². The topological polar surface area (TPSA) is 70.2 Å². The summed E-state index contributed by atoms with van der Waals surface area (Å²) in [6, 6.07) is 2.85.